The van der Waals surface area contributed by atoms with Crippen LogP contribution in [0.4, 0.5) is 13.2 Å². The minimum Gasteiger partial charge on any atom is -0.352 e. The van der Waals surface area contributed by atoms with Crippen LogP contribution in [-0.4, -0.2) is 54.3 Å². The van der Waals surface area contributed by atoms with Crippen molar-refractivity contribution in [3.05, 3.63) is 70.2 Å². The van der Waals surface area contributed by atoms with Crippen molar-refractivity contribution in [2.45, 2.75) is 19.1 Å². The van der Waals surface area contributed by atoms with Crippen molar-refractivity contribution in [2.75, 3.05) is 32.7 Å². The van der Waals surface area contributed by atoms with Crippen molar-refractivity contribution >= 4 is 23.4 Å². The van der Waals surface area contributed by atoms with Gasteiger partial charge in [-0.3, -0.25) is 14.5 Å². The zero-order valence-electron chi connectivity index (χ0n) is 16.8. The molecular weight excluding hydrogens is 431 g/mol. The highest BCUT2D eigenvalue weighted by Crippen LogP contribution is 2.29. The van der Waals surface area contributed by atoms with Crippen molar-refractivity contribution < 1.29 is 22.8 Å². The molecule has 2 amide bonds. The summed E-state index contributed by atoms with van der Waals surface area (Å²) in [6.45, 7) is 3.16. The van der Waals surface area contributed by atoms with E-state index in [1.807, 2.05) is 0 Å². The average Bonchev–Trinajstić information content (AvgIpc) is 2.74. The molecule has 31 heavy (non-hydrogen) atoms. The van der Waals surface area contributed by atoms with Crippen LogP contribution >= 0.6 is 11.6 Å². The van der Waals surface area contributed by atoms with E-state index >= 15 is 0 Å². The van der Waals surface area contributed by atoms with Crippen molar-refractivity contribution in [3.63, 3.8) is 0 Å². The SMILES string of the molecule is O=C(NCCC(=O)N1CCN(Cc2ccc(C(F)(F)F)cc2)CC1)c1ccc(Cl)cc1. The number of benzene rings is 2. The first kappa shape index (κ1) is 23.1. The summed E-state index contributed by atoms with van der Waals surface area (Å²) in [6, 6.07) is 11.7. The standard InChI is InChI=1S/C22H23ClF3N3O2/c23-19-7-3-17(4-8-19)21(31)27-10-9-20(30)29-13-11-28(12-14-29)15-16-1-5-18(6-2-16)22(24,25)26/h1-8H,9-15H2,(H,27,31). The molecule has 9 heteroatoms. The van der Waals surface area contributed by atoms with Gasteiger partial charge in [-0.05, 0) is 42.0 Å². The number of amides is 2. The maximum Gasteiger partial charge on any atom is 0.416 e. The second-order valence-electron chi connectivity index (χ2n) is 7.36. The Morgan fingerprint density at radius 3 is 2.13 bits per heavy atom. The Balaban J connectivity index is 1.38. The molecule has 2 aromatic rings. The van der Waals surface area contributed by atoms with Gasteiger partial charge in [0.05, 0.1) is 5.56 Å². The zero-order chi connectivity index (χ0) is 22.4. The molecule has 1 heterocycles. The Labute approximate surface area is 183 Å². The summed E-state index contributed by atoms with van der Waals surface area (Å²) in [4.78, 5) is 28.3. The van der Waals surface area contributed by atoms with E-state index in [-0.39, 0.29) is 24.8 Å². The molecule has 0 bridgehead atoms. The van der Waals surface area contributed by atoms with E-state index in [0.29, 0.717) is 43.3 Å². The number of alkyl halides is 3. The fourth-order valence-corrected chi connectivity index (χ4v) is 3.48. The third kappa shape index (κ3) is 6.70. The highest BCUT2D eigenvalue weighted by molar-refractivity contribution is 6.30. The predicted molar refractivity (Wildman–Crippen MR) is 112 cm³/mol. The minimum absolute atomic E-state index is 0.0365. The largest absolute Gasteiger partial charge is 0.416 e. The summed E-state index contributed by atoms with van der Waals surface area (Å²) < 4.78 is 38.0. The van der Waals surface area contributed by atoms with Crippen LogP contribution in [-0.2, 0) is 17.5 Å². The molecule has 1 aliphatic heterocycles. The first-order valence-corrected chi connectivity index (χ1v) is 10.3. The van der Waals surface area contributed by atoms with Gasteiger partial charge in [-0.1, -0.05) is 23.7 Å². The summed E-state index contributed by atoms with van der Waals surface area (Å²) in [5.74, 6) is -0.295. The molecule has 1 aliphatic rings. The number of hydrogen-bond acceptors (Lipinski definition) is 3. The molecule has 3 rings (SSSR count). The summed E-state index contributed by atoms with van der Waals surface area (Å²) >= 11 is 5.80. The lowest BCUT2D eigenvalue weighted by Gasteiger charge is -2.35. The smallest absolute Gasteiger partial charge is 0.352 e. The van der Waals surface area contributed by atoms with E-state index < -0.39 is 11.7 Å². The van der Waals surface area contributed by atoms with Crippen LogP contribution in [0.5, 0.6) is 0 Å². The van der Waals surface area contributed by atoms with E-state index in [1.165, 1.54) is 12.1 Å². The lowest BCUT2D eigenvalue weighted by molar-refractivity contribution is -0.137. The van der Waals surface area contributed by atoms with E-state index in [9.17, 15) is 22.8 Å². The number of hydrogen-bond donors (Lipinski definition) is 1. The molecule has 0 aliphatic carbocycles. The maximum absolute atomic E-state index is 12.7. The first-order chi connectivity index (χ1) is 14.7. The third-order valence-electron chi connectivity index (χ3n) is 5.14. The van der Waals surface area contributed by atoms with Crippen molar-refractivity contribution in [1.29, 1.82) is 0 Å². The molecular formula is C22H23ClF3N3O2. The molecule has 0 atom stereocenters. The van der Waals surface area contributed by atoms with Gasteiger partial charge in [0, 0.05) is 56.3 Å². The molecule has 0 saturated carbocycles. The average molecular weight is 454 g/mol. The van der Waals surface area contributed by atoms with E-state index in [1.54, 1.807) is 29.2 Å². The monoisotopic (exact) mass is 453 g/mol. The van der Waals surface area contributed by atoms with Gasteiger partial charge < -0.3 is 10.2 Å². The number of halogens is 4. The molecule has 0 aromatic heterocycles. The van der Waals surface area contributed by atoms with Crippen LogP contribution in [0.2, 0.25) is 5.02 Å². The van der Waals surface area contributed by atoms with E-state index in [4.69, 9.17) is 11.6 Å². The molecule has 1 saturated heterocycles. The normalized spacial score (nSPS) is 15.0. The van der Waals surface area contributed by atoms with Gasteiger partial charge in [0.1, 0.15) is 0 Å². The van der Waals surface area contributed by atoms with Gasteiger partial charge in [-0.15, -0.1) is 0 Å². The van der Waals surface area contributed by atoms with E-state index in [0.717, 1.165) is 17.7 Å². The van der Waals surface area contributed by atoms with Crippen LogP contribution in [0.1, 0.15) is 27.9 Å². The molecule has 1 N–H and O–H groups in total. The zero-order valence-corrected chi connectivity index (χ0v) is 17.5. The highest BCUT2D eigenvalue weighted by Gasteiger charge is 2.30. The van der Waals surface area contributed by atoms with Crippen LogP contribution in [0.25, 0.3) is 0 Å². The number of piperazine rings is 1. The van der Waals surface area contributed by atoms with Crippen LogP contribution in [0, 0.1) is 0 Å². The van der Waals surface area contributed by atoms with Crippen LogP contribution in [0.3, 0.4) is 0 Å². The van der Waals surface area contributed by atoms with Gasteiger partial charge in [0.25, 0.3) is 5.91 Å². The first-order valence-electron chi connectivity index (χ1n) is 9.92. The van der Waals surface area contributed by atoms with Gasteiger partial charge in [-0.25, -0.2) is 0 Å². The molecule has 166 valence electrons. The second kappa shape index (κ2) is 10.2. The molecule has 0 spiro atoms. The summed E-state index contributed by atoms with van der Waals surface area (Å²) in [5, 5.41) is 3.27. The van der Waals surface area contributed by atoms with Gasteiger partial charge in [-0.2, -0.15) is 13.2 Å². The Morgan fingerprint density at radius 2 is 1.55 bits per heavy atom. The Kier molecular flexibility index (Phi) is 7.56. The van der Waals surface area contributed by atoms with Crippen molar-refractivity contribution in [2.24, 2.45) is 0 Å². The summed E-state index contributed by atoms with van der Waals surface area (Å²) in [6.07, 6.45) is -4.13. The number of carbonyl (C=O) groups excluding carboxylic acids is 2. The Bertz CT molecular complexity index is 894. The molecule has 0 unspecified atom stereocenters. The number of carbonyl (C=O) groups is 2. The van der Waals surface area contributed by atoms with Gasteiger partial charge >= 0.3 is 6.18 Å². The number of rotatable bonds is 6. The van der Waals surface area contributed by atoms with E-state index in [2.05, 4.69) is 10.2 Å². The molecule has 0 radical (unpaired) electrons. The maximum atomic E-state index is 12.7. The highest BCUT2D eigenvalue weighted by atomic mass is 35.5. The third-order valence-corrected chi connectivity index (χ3v) is 5.40. The quantitative estimate of drug-likeness (QED) is 0.723. The predicted octanol–water partition coefficient (Wildman–Crippen LogP) is 3.82. The topological polar surface area (TPSA) is 52.7 Å². The molecule has 5 nitrogen and oxygen atoms in total. The number of nitrogens with one attached hydrogen (secondary N) is 1. The molecule has 1 fully saturated rings. The minimum atomic E-state index is -4.33. The lowest BCUT2D eigenvalue weighted by atomic mass is 10.1. The van der Waals surface area contributed by atoms with Crippen molar-refractivity contribution in [1.82, 2.24) is 15.1 Å². The van der Waals surface area contributed by atoms with Gasteiger partial charge in [0.2, 0.25) is 5.91 Å². The summed E-state index contributed by atoms with van der Waals surface area (Å²) in [5.41, 5.74) is 0.626. The Morgan fingerprint density at radius 1 is 0.935 bits per heavy atom. The lowest BCUT2D eigenvalue weighted by Crippen LogP contribution is -2.48. The number of nitrogens with zero attached hydrogens (tertiary/aromatic N) is 2. The van der Waals surface area contributed by atoms with Gasteiger partial charge in [0.15, 0.2) is 0 Å². The fraction of sp³-hybridized carbons (Fsp3) is 0.364. The Hall–Kier alpha value is -2.58. The second-order valence-corrected chi connectivity index (χ2v) is 7.80. The molecule has 2 aromatic carbocycles. The van der Waals surface area contributed by atoms with Crippen LogP contribution in [0.15, 0.2) is 48.5 Å². The van der Waals surface area contributed by atoms with Crippen LogP contribution < -0.4 is 5.32 Å². The fourth-order valence-electron chi connectivity index (χ4n) is 3.36. The summed E-state index contributed by atoms with van der Waals surface area (Å²) in [7, 11) is 0. The van der Waals surface area contributed by atoms with Crippen molar-refractivity contribution in [3.8, 4) is 0 Å².